The highest BCUT2D eigenvalue weighted by molar-refractivity contribution is 5.85. The van der Waals surface area contributed by atoms with Gasteiger partial charge in [0, 0.05) is 6.04 Å². The Kier molecular flexibility index (Phi) is 6.76. The number of hydrogen-bond donors (Lipinski definition) is 2. The van der Waals surface area contributed by atoms with Gasteiger partial charge in [0.05, 0.1) is 11.3 Å². The summed E-state index contributed by atoms with van der Waals surface area (Å²) in [5.74, 6) is -0.174. The topological polar surface area (TPSA) is 64.9 Å². The number of nitrogen functional groups attached to an aromatic ring is 1. The smallest absolute Gasteiger partial charge is 0.384 e. The van der Waals surface area contributed by atoms with Crippen LogP contribution in [0.1, 0.15) is 24.2 Å². The fraction of sp³-hybridized carbons (Fsp3) is 0.375. The Hall–Kier alpha value is -0.720. The van der Waals surface area contributed by atoms with E-state index in [1.54, 1.807) is 6.92 Å². The van der Waals surface area contributed by atoms with E-state index >= 15 is 0 Å². The normalized spacial score (nSPS) is 12.3. The zero-order valence-corrected chi connectivity index (χ0v) is 9.92. The van der Waals surface area contributed by atoms with Gasteiger partial charge in [0.2, 0.25) is 0 Å². The monoisotopic (exact) mass is 277 g/mol. The van der Waals surface area contributed by atoms with E-state index in [2.05, 4.69) is 4.98 Å². The molecule has 1 unspecified atom stereocenters. The minimum absolute atomic E-state index is 0. The molecule has 0 fully saturated rings. The number of nitrogens with zero attached hydrogens (tertiary/aromatic N) is 1. The van der Waals surface area contributed by atoms with Crippen LogP contribution in [0.15, 0.2) is 12.1 Å². The highest BCUT2D eigenvalue weighted by Crippen LogP contribution is 2.31. The summed E-state index contributed by atoms with van der Waals surface area (Å²) in [6, 6.07) is 1.12. The van der Waals surface area contributed by atoms with Gasteiger partial charge in [0.25, 0.3) is 0 Å². The molecule has 0 aliphatic carbocycles. The summed E-state index contributed by atoms with van der Waals surface area (Å²) in [5.41, 5.74) is 9.95. The van der Waals surface area contributed by atoms with Gasteiger partial charge in [-0.1, -0.05) is 0 Å². The lowest BCUT2D eigenvalue weighted by Crippen LogP contribution is -2.13. The molecule has 0 radical (unpaired) electrons. The largest absolute Gasteiger partial charge is 0.416 e. The Labute approximate surface area is 103 Å². The Morgan fingerprint density at radius 1 is 1.25 bits per heavy atom. The first-order valence-electron chi connectivity index (χ1n) is 3.91. The van der Waals surface area contributed by atoms with Gasteiger partial charge < -0.3 is 11.5 Å². The second kappa shape index (κ2) is 6.12. The van der Waals surface area contributed by atoms with Crippen molar-refractivity contribution < 1.29 is 13.2 Å². The maximum atomic E-state index is 12.3. The van der Waals surface area contributed by atoms with Gasteiger partial charge in [-0.15, -0.1) is 24.8 Å². The average Bonchev–Trinajstić information content (AvgIpc) is 2.01. The van der Waals surface area contributed by atoms with Crippen molar-refractivity contribution in [1.29, 1.82) is 0 Å². The first kappa shape index (κ1) is 17.7. The molecule has 0 amide bonds. The first-order chi connectivity index (χ1) is 6.30. The molecule has 0 spiro atoms. The number of pyridine rings is 1. The number of aromatic nitrogens is 1. The third-order valence-corrected chi connectivity index (χ3v) is 1.66. The molecule has 94 valence electrons. The van der Waals surface area contributed by atoms with Crippen molar-refractivity contribution in [1.82, 2.24) is 4.98 Å². The van der Waals surface area contributed by atoms with E-state index in [-0.39, 0.29) is 36.3 Å². The van der Waals surface area contributed by atoms with Crippen LogP contribution in [0.3, 0.4) is 0 Å². The van der Waals surface area contributed by atoms with Crippen molar-refractivity contribution in [2.75, 3.05) is 5.73 Å². The van der Waals surface area contributed by atoms with Crippen molar-refractivity contribution >= 4 is 30.6 Å². The van der Waals surface area contributed by atoms with Gasteiger partial charge in [-0.25, -0.2) is 4.98 Å². The van der Waals surface area contributed by atoms with E-state index in [1.807, 2.05) is 0 Å². The van der Waals surface area contributed by atoms with Crippen molar-refractivity contribution in [3.8, 4) is 0 Å². The SMILES string of the molecule is CC(N)c1cc(C(F)(F)F)cc(N)n1.Cl.Cl. The quantitative estimate of drug-likeness (QED) is 0.829. The summed E-state index contributed by atoms with van der Waals surface area (Å²) in [6.07, 6.45) is -4.42. The van der Waals surface area contributed by atoms with Crippen LogP contribution in [0.4, 0.5) is 19.0 Å². The van der Waals surface area contributed by atoms with Crippen LogP contribution in [0, 0.1) is 0 Å². The summed E-state index contributed by atoms with van der Waals surface area (Å²) >= 11 is 0. The Bertz CT molecular complexity index is 342. The van der Waals surface area contributed by atoms with Gasteiger partial charge in [0.15, 0.2) is 0 Å². The minimum atomic E-state index is -4.42. The molecule has 1 aromatic heterocycles. The summed E-state index contributed by atoms with van der Waals surface area (Å²) in [7, 11) is 0. The van der Waals surface area contributed by atoms with Gasteiger partial charge in [0.1, 0.15) is 5.82 Å². The summed E-state index contributed by atoms with van der Waals surface area (Å²) in [4.78, 5) is 3.70. The predicted molar refractivity (Wildman–Crippen MR) is 60.7 cm³/mol. The number of anilines is 1. The molecule has 4 N–H and O–H groups in total. The van der Waals surface area contributed by atoms with Gasteiger partial charge in [-0.3, -0.25) is 0 Å². The maximum absolute atomic E-state index is 12.3. The van der Waals surface area contributed by atoms with Crippen LogP contribution in [-0.2, 0) is 6.18 Å². The van der Waals surface area contributed by atoms with Crippen molar-refractivity contribution in [2.24, 2.45) is 5.73 Å². The summed E-state index contributed by atoms with van der Waals surface area (Å²) in [6.45, 7) is 1.54. The molecule has 1 heterocycles. The van der Waals surface area contributed by atoms with Gasteiger partial charge >= 0.3 is 6.18 Å². The number of rotatable bonds is 1. The standard InChI is InChI=1S/C8H10F3N3.2ClH/c1-4(12)6-2-5(8(9,10)11)3-7(13)14-6;;/h2-4H,12H2,1H3,(H2,13,14);2*1H. The molecule has 1 aromatic rings. The molecule has 0 bridgehead atoms. The Morgan fingerprint density at radius 2 is 1.75 bits per heavy atom. The van der Waals surface area contributed by atoms with E-state index in [0.717, 1.165) is 12.1 Å². The highest BCUT2D eigenvalue weighted by atomic mass is 35.5. The van der Waals surface area contributed by atoms with Crippen molar-refractivity contribution in [3.05, 3.63) is 23.4 Å². The van der Waals surface area contributed by atoms with Crippen LogP contribution < -0.4 is 11.5 Å². The van der Waals surface area contributed by atoms with Gasteiger partial charge in [-0.05, 0) is 19.1 Å². The number of halogens is 5. The lowest BCUT2D eigenvalue weighted by Gasteiger charge is -2.11. The second-order valence-electron chi connectivity index (χ2n) is 2.99. The number of alkyl halides is 3. The van der Waals surface area contributed by atoms with Crippen LogP contribution in [0.5, 0.6) is 0 Å². The second-order valence-corrected chi connectivity index (χ2v) is 2.99. The lowest BCUT2D eigenvalue weighted by molar-refractivity contribution is -0.137. The molecular formula is C8H12Cl2F3N3. The predicted octanol–water partition coefficient (Wildman–Crippen LogP) is 2.55. The molecule has 1 rings (SSSR count). The zero-order valence-electron chi connectivity index (χ0n) is 8.28. The third kappa shape index (κ3) is 4.42. The molecule has 8 heteroatoms. The fourth-order valence-corrected chi connectivity index (χ4v) is 0.971. The molecule has 16 heavy (non-hydrogen) atoms. The Balaban J connectivity index is 0. The molecule has 1 atom stereocenters. The van der Waals surface area contributed by atoms with E-state index in [4.69, 9.17) is 11.5 Å². The molecule has 0 aliphatic rings. The van der Waals surface area contributed by atoms with E-state index < -0.39 is 17.8 Å². The average molecular weight is 278 g/mol. The minimum Gasteiger partial charge on any atom is -0.384 e. The maximum Gasteiger partial charge on any atom is 0.416 e. The molecule has 0 saturated heterocycles. The fourth-order valence-electron chi connectivity index (χ4n) is 0.971. The highest BCUT2D eigenvalue weighted by Gasteiger charge is 2.31. The van der Waals surface area contributed by atoms with E-state index in [1.165, 1.54) is 0 Å². The van der Waals surface area contributed by atoms with Crippen molar-refractivity contribution in [3.63, 3.8) is 0 Å². The molecular weight excluding hydrogens is 266 g/mol. The van der Waals surface area contributed by atoms with Crippen LogP contribution in [0.25, 0.3) is 0 Å². The summed E-state index contributed by atoms with van der Waals surface area (Å²) < 4.78 is 36.9. The van der Waals surface area contributed by atoms with E-state index in [9.17, 15) is 13.2 Å². The van der Waals surface area contributed by atoms with Crippen molar-refractivity contribution in [2.45, 2.75) is 19.1 Å². The van der Waals surface area contributed by atoms with Crippen LogP contribution in [0.2, 0.25) is 0 Å². The lowest BCUT2D eigenvalue weighted by atomic mass is 10.1. The van der Waals surface area contributed by atoms with E-state index in [0.29, 0.717) is 0 Å². The molecule has 3 nitrogen and oxygen atoms in total. The Morgan fingerprint density at radius 3 is 2.12 bits per heavy atom. The number of hydrogen-bond acceptors (Lipinski definition) is 3. The molecule has 0 aromatic carbocycles. The zero-order chi connectivity index (χ0) is 10.9. The van der Waals surface area contributed by atoms with Gasteiger partial charge in [-0.2, -0.15) is 13.2 Å². The summed E-state index contributed by atoms with van der Waals surface area (Å²) in [5, 5.41) is 0. The van der Waals surface area contributed by atoms with Crippen LogP contribution in [-0.4, -0.2) is 4.98 Å². The first-order valence-corrected chi connectivity index (χ1v) is 3.91. The molecule has 0 saturated carbocycles. The molecule has 0 aliphatic heterocycles. The number of nitrogens with two attached hydrogens (primary N) is 2. The third-order valence-electron chi connectivity index (χ3n) is 1.66. The van der Waals surface area contributed by atoms with Crippen LogP contribution >= 0.6 is 24.8 Å².